The topological polar surface area (TPSA) is 59.8 Å². The summed E-state index contributed by atoms with van der Waals surface area (Å²) in [5.41, 5.74) is 3.42. The summed E-state index contributed by atoms with van der Waals surface area (Å²) in [6, 6.07) is 7.80. The van der Waals surface area contributed by atoms with Gasteiger partial charge in [-0.15, -0.1) is 0 Å². The number of fused-ring (bicyclic) bond motifs is 1. The van der Waals surface area contributed by atoms with Gasteiger partial charge in [-0.05, 0) is 37.6 Å². The van der Waals surface area contributed by atoms with E-state index >= 15 is 0 Å². The predicted octanol–water partition coefficient (Wildman–Crippen LogP) is 2.90. The SMILES string of the molecule is Cc1ccc2nc(NC(=O)c3cc(C)nn3C)sc2c1. The number of carbonyl (C=O) groups excluding carboxylic acids is 1. The molecule has 0 bridgehead atoms. The molecule has 0 spiro atoms. The number of rotatable bonds is 2. The molecule has 0 saturated carbocycles. The standard InChI is InChI=1S/C14H14N4OS/c1-8-4-5-10-12(6-8)20-14(15-10)16-13(19)11-7-9(2)17-18(11)3/h4-7H,1-3H3,(H,15,16,19). The van der Waals surface area contributed by atoms with Crippen molar-refractivity contribution >= 4 is 32.6 Å². The van der Waals surface area contributed by atoms with E-state index < -0.39 is 0 Å². The number of hydrogen-bond donors (Lipinski definition) is 1. The van der Waals surface area contributed by atoms with E-state index in [1.54, 1.807) is 17.8 Å². The molecular formula is C14H14N4OS. The molecule has 3 aromatic rings. The van der Waals surface area contributed by atoms with Gasteiger partial charge in [0, 0.05) is 7.05 Å². The maximum Gasteiger partial charge on any atom is 0.275 e. The van der Waals surface area contributed by atoms with Gasteiger partial charge in [-0.3, -0.25) is 14.8 Å². The second-order valence-corrected chi connectivity index (χ2v) is 5.77. The largest absolute Gasteiger partial charge is 0.296 e. The molecule has 102 valence electrons. The van der Waals surface area contributed by atoms with Crippen molar-refractivity contribution in [2.75, 3.05) is 5.32 Å². The highest BCUT2D eigenvalue weighted by molar-refractivity contribution is 7.22. The average molecular weight is 286 g/mol. The average Bonchev–Trinajstić information content (AvgIpc) is 2.91. The maximum absolute atomic E-state index is 12.2. The molecule has 0 fully saturated rings. The Labute approximate surface area is 120 Å². The highest BCUT2D eigenvalue weighted by atomic mass is 32.1. The Morgan fingerprint density at radius 2 is 2.10 bits per heavy atom. The third-order valence-electron chi connectivity index (χ3n) is 3.00. The van der Waals surface area contributed by atoms with Crippen molar-refractivity contribution in [3.05, 3.63) is 41.2 Å². The lowest BCUT2D eigenvalue weighted by atomic mass is 10.2. The molecule has 2 aromatic heterocycles. The van der Waals surface area contributed by atoms with Gasteiger partial charge < -0.3 is 0 Å². The van der Waals surface area contributed by atoms with Crippen LogP contribution in [0.3, 0.4) is 0 Å². The summed E-state index contributed by atoms with van der Waals surface area (Å²) in [6.45, 7) is 3.90. The minimum absolute atomic E-state index is 0.191. The van der Waals surface area contributed by atoms with Gasteiger partial charge in [-0.2, -0.15) is 5.10 Å². The maximum atomic E-state index is 12.2. The van der Waals surface area contributed by atoms with Gasteiger partial charge >= 0.3 is 0 Å². The number of anilines is 1. The van der Waals surface area contributed by atoms with Crippen LogP contribution in [0.15, 0.2) is 24.3 Å². The molecule has 1 aromatic carbocycles. The van der Waals surface area contributed by atoms with Crippen molar-refractivity contribution < 1.29 is 4.79 Å². The molecule has 3 rings (SSSR count). The Hall–Kier alpha value is -2.21. The summed E-state index contributed by atoms with van der Waals surface area (Å²) in [5.74, 6) is -0.191. The Bertz CT molecular complexity index is 803. The molecule has 1 amide bonds. The van der Waals surface area contributed by atoms with E-state index in [1.807, 2.05) is 26.0 Å². The first-order valence-electron chi connectivity index (χ1n) is 6.22. The first-order valence-corrected chi connectivity index (χ1v) is 7.04. The highest BCUT2D eigenvalue weighted by Gasteiger charge is 2.14. The number of amides is 1. The van der Waals surface area contributed by atoms with E-state index in [4.69, 9.17) is 0 Å². The Morgan fingerprint density at radius 1 is 1.30 bits per heavy atom. The van der Waals surface area contributed by atoms with Crippen molar-refractivity contribution in [3.63, 3.8) is 0 Å². The fraction of sp³-hybridized carbons (Fsp3) is 0.214. The van der Waals surface area contributed by atoms with Crippen LogP contribution in [-0.4, -0.2) is 20.7 Å². The third-order valence-corrected chi connectivity index (χ3v) is 3.93. The minimum Gasteiger partial charge on any atom is -0.296 e. The van der Waals surface area contributed by atoms with Crippen molar-refractivity contribution in [2.45, 2.75) is 13.8 Å². The van der Waals surface area contributed by atoms with E-state index in [0.717, 1.165) is 15.9 Å². The zero-order valence-corrected chi connectivity index (χ0v) is 12.3. The third kappa shape index (κ3) is 2.30. The molecule has 2 heterocycles. The summed E-state index contributed by atoms with van der Waals surface area (Å²) in [7, 11) is 1.75. The molecule has 5 nitrogen and oxygen atoms in total. The molecule has 0 aliphatic rings. The second-order valence-electron chi connectivity index (χ2n) is 4.74. The highest BCUT2D eigenvalue weighted by Crippen LogP contribution is 2.26. The predicted molar refractivity (Wildman–Crippen MR) is 80.3 cm³/mol. The van der Waals surface area contributed by atoms with Crippen LogP contribution in [0.1, 0.15) is 21.7 Å². The summed E-state index contributed by atoms with van der Waals surface area (Å²) >= 11 is 1.47. The van der Waals surface area contributed by atoms with Gasteiger partial charge in [0.05, 0.1) is 15.9 Å². The lowest BCUT2D eigenvalue weighted by Gasteiger charge is -2.00. The number of thiazole rings is 1. The lowest BCUT2D eigenvalue weighted by Crippen LogP contribution is -2.15. The molecule has 20 heavy (non-hydrogen) atoms. The monoisotopic (exact) mass is 286 g/mol. The lowest BCUT2D eigenvalue weighted by molar-refractivity contribution is 0.101. The summed E-state index contributed by atoms with van der Waals surface area (Å²) in [6.07, 6.45) is 0. The number of nitrogens with one attached hydrogen (secondary N) is 1. The zero-order valence-electron chi connectivity index (χ0n) is 11.5. The van der Waals surface area contributed by atoms with Gasteiger partial charge in [-0.25, -0.2) is 4.98 Å². The van der Waals surface area contributed by atoms with E-state index in [0.29, 0.717) is 10.8 Å². The first-order chi connectivity index (χ1) is 9.52. The van der Waals surface area contributed by atoms with Crippen LogP contribution in [0.4, 0.5) is 5.13 Å². The molecule has 0 unspecified atom stereocenters. The van der Waals surface area contributed by atoms with Gasteiger partial charge in [0.2, 0.25) is 0 Å². The summed E-state index contributed by atoms with van der Waals surface area (Å²) < 4.78 is 2.64. The Kier molecular flexibility index (Phi) is 3.02. The molecule has 0 saturated heterocycles. The molecule has 0 atom stereocenters. The van der Waals surface area contributed by atoms with Crippen LogP contribution in [0, 0.1) is 13.8 Å². The van der Waals surface area contributed by atoms with Crippen molar-refractivity contribution in [2.24, 2.45) is 7.05 Å². The number of aryl methyl sites for hydroxylation is 3. The van der Waals surface area contributed by atoms with Crippen LogP contribution in [0.2, 0.25) is 0 Å². The van der Waals surface area contributed by atoms with Crippen molar-refractivity contribution in [3.8, 4) is 0 Å². The van der Waals surface area contributed by atoms with Crippen LogP contribution in [0.25, 0.3) is 10.2 Å². The van der Waals surface area contributed by atoms with Crippen LogP contribution in [0.5, 0.6) is 0 Å². The Balaban J connectivity index is 1.89. The fourth-order valence-corrected chi connectivity index (χ4v) is 3.03. The van der Waals surface area contributed by atoms with Gasteiger partial charge in [0.25, 0.3) is 5.91 Å². The normalized spacial score (nSPS) is 10.9. The molecule has 0 radical (unpaired) electrons. The van der Waals surface area contributed by atoms with E-state index in [2.05, 4.69) is 21.5 Å². The molecule has 6 heteroatoms. The number of aromatic nitrogens is 3. The first kappa shape index (κ1) is 12.8. The van der Waals surface area contributed by atoms with E-state index in [-0.39, 0.29) is 5.91 Å². The number of carbonyl (C=O) groups is 1. The number of hydrogen-bond acceptors (Lipinski definition) is 4. The second kappa shape index (κ2) is 4.72. The molecule has 0 aliphatic carbocycles. The molecule has 0 aliphatic heterocycles. The summed E-state index contributed by atoms with van der Waals surface area (Å²) in [5, 5.41) is 7.60. The van der Waals surface area contributed by atoms with Crippen LogP contribution in [-0.2, 0) is 7.05 Å². The van der Waals surface area contributed by atoms with Gasteiger partial charge in [-0.1, -0.05) is 17.4 Å². The van der Waals surface area contributed by atoms with Crippen LogP contribution >= 0.6 is 11.3 Å². The fourth-order valence-electron chi connectivity index (χ4n) is 2.07. The summed E-state index contributed by atoms with van der Waals surface area (Å²) in [4.78, 5) is 16.6. The number of nitrogens with zero attached hydrogens (tertiary/aromatic N) is 3. The smallest absolute Gasteiger partial charge is 0.275 e. The van der Waals surface area contributed by atoms with Crippen LogP contribution < -0.4 is 5.32 Å². The zero-order chi connectivity index (χ0) is 14.3. The van der Waals surface area contributed by atoms with Crippen molar-refractivity contribution in [1.29, 1.82) is 0 Å². The molecule has 1 N–H and O–H groups in total. The quantitative estimate of drug-likeness (QED) is 0.788. The van der Waals surface area contributed by atoms with Gasteiger partial charge in [0.15, 0.2) is 5.13 Å². The van der Waals surface area contributed by atoms with E-state index in [9.17, 15) is 4.79 Å². The minimum atomic E-state index is -0.191. The van der Waals surface area contributed by atoms with Gasteiger partial charge in [0.1, 0.15) is 5.69 Å². The molecular weight excluding hydrogens is 272 g/mol. The van der Waals surface area contributed by atoms with Crippen molar-refractivity contribution in [1.82, 2.24) is 14.8 Å². The van der Waals surface area contributed by atoms with E-state index in [1.165, 1.54) is 16.9 Å². The Morgan fingerprint density at radius 3 is 2.80 bits per heavy atom. The number of benzene rings is 1.